The highest BCUT2D eigenvalue weighted by atomic mass is 32.2. The number of hydrogen-bond acceptors (Lipinski definition) is 5. The van der Waals surface area contributed by atoms with Crippen LogP contribution < -0.4 is 4.72 Å². The molecule has 0 spiro atoms. The van der Waals surface area contributed by atoms with Crippen LogP contribution in [0.5, 0.6) is 0 Å². The molecule has 1 aromatic rings. The first-order chi connectivity index (χ1) is 7.44. The van der Waals surface area contributed by atoms with Crippen molar-refractivity contribution in [1.29, 1.82) is 0 Å². The molecule has 0 amide bonds. The number of carboxylic acids is 1. The van der Waals surface area contributed by atoms with E-state index in [1.54, 1.807) is 0 Å². The molecule has 0 aromatic carbocycles. The van der Waals surface area contributed by atoms with Crippen LogP contribution in [0.1, 0.15) is 29.4 Å². The maximum Gasteiger partial charge on any atom is 0.347 e. The Morgan fingerprint density at radius 1 is 1.62 bits per heavy atom. The van der Waals surface area contributed by atoms with Gasteiger partial charge in [0.15, 0.2) is 5.13 Å². The molecule has 0 saturated carbocycles. The third-order valence-corrected chi connectivity index (χ3v) is 4.09. The van der Waals surface area contributed by atoms with E-state index >= 15 is 0 Å². The van der Waals surface area contributed by atoms with Crippen LogP contribution >= 0.6 is 11.3 Å². The van der Waals surface area contributed by atoms with E-state index in [0.717, 1.165) is 24.0 Å². The molecule has 2 N–H and O–H groups in total. The second-order valence-corrected chi connectivity index (χ2v) is 5.98. The van der Waals surface area contributed by atoms with E-state index in [1.807, 2.05) is 6.92 Å². The van der Waals surface area contributed by atoms with E-state index in [2.05, 4.69) is 9.71 Å². The fourth-order valence-electron chi connectivity index (χ4n) is 0.939. The van der Waals surface area contributed by atoms with Crippen LogP contribution in [-0.4, -0.2) is 30.2 Å². The van der Waals surface area contributed by atoms with Crippen LogP contribution in [-0.2, 0) is 10.0 Å². The minimum Gasteiger partial charge on any atom is -0.477 e. The van der Waals surface area contributed by atoms with Crippen molar-refractivity contribution >= 4 is 32.5 Å². The number of hydrogen-bond donors (Lipinski definition) is 2. The van der Waals surface area contributed by atoms with Gasteiger partial charge >= 0.3 is 5.97 Å². The molecule has 16 heavy (non-hydrogen) atoms. The number of rotatable bonds is 6. The van der Waals surface area contributed by atoms with Crippen LogP contribution in [0, 0.1) is 0 Å². The van der Waals surface area contributed by atoms with Crippen LogP contribution in [0.4, 0.5) is 5.13 Å². The molecule has 0 unspecified atom stereocenters. The molecular weight excluding hydrogens is 252 g/mol. The number of nitrogens with one attached hydrogen (secondary N) is 1. The lowest BCUT2D eigenvalue weighted by molar-refractivity contribution is 0.0702. The summed E-state index contributed by atoms with van der Waals surface area (Å²) in [5.74, 6) is -1.10. The molecule has 0 radical (unpaired) electrons. The third-order valence-electron chi connectivity index (χ3n) is 1.73. The maximum absolute atomic E-state index is 11.4. The number of aromatic nitrogens is 1. The SMILES string of the molecule is CCCCS(=O)(=O)Nc1ncc(C(=O)O)s1. The fraction of sp³-hybridized carbons (Fsp3) is 0.500. The second kappa shape index (κ2) is 5.26. The molecule has 1 heterocycles. The Morgan fingerprint density at radius 2 is 2.31 bits per heavy atom. The van der Waals surface area contributed by atoms with E-state index < -0.39 is 16.0 Å². The zero-order chi connectivity index (χ0) is 12.2. The van der Waals surface area contributed by atoms with E-state index in [0.29, 0.717) is 6.42 Å². The predicted molar refractivity (Wildman–Crippen MR) is 61.4 cm³/mol. The average molecular weight is 264 g/mol. The first kappa shape index (κ1) is 12.9. The minimum atomic E-state index is -3.40. The van der Waals surface area contributed by atoms with E-state index in [9.17, 15) is 13.2 Å². The lowest BCUT2D eigenvalue weighted by Crippen LogP contribution is -2.16. The van der Waals surface area contributed by atoms with Gasteiger partial charge in [-0.2, -0.15) is 0 Å². The number of aromatic carboxylic acids is 1. The summed E-state index contributed by atoms with van der Waals surface area (Å²) in [7, 11) is -3.40. The monoisotopic (exact) mass is 264 g/mol. The average Bonchev–Trinajstić information content (AvgIpc) is 2.62. The van der Waals surface area contributed by atoms with Crippen molar-refractivity contribution in [2.75, 3.05) is 10.5 Å². The van der Waals surface area contributed by atoms with Crippen molar-refractivity contribution in [3.63, 3.8) is 0 Å². The molecule has 1 aromatic heterocycles. The largest absolute Gasteiger partial charge is 0.477 e. The van der Waals surface area contributed by atoms with Gasteiger partial charge in [0, 0.05) is 0 Å². The zero-order valence-corrected chi connectivity index (χ0v) is 10.3. The Labute approximate surface area is 97.4 Å². The molecule has 0 aliphatic carbocycles. The number of carboxylic acid groups (broad SMARTS) is 1. The van der Waals surface area contributed by atoms with Crippen molar-refractivity contribution in [3.05, 3.63) is 11.1 Å². The topological polar surface area (TPSA) is 96.4 Å². The standard InChI is InChI=1S/C8H12N2O4S2/c1-2-3-4-16(13,14)10-8-9-5-6(15-8)7(11)12/h5H,2-4H2,1H3,(H,9,10)(H,11,12). The van der Waals surface area contributed by atoms with Gasteiger partial charge in [0.1, 0.15) is 4.88 Å². The van der Waals surface area contributed by atoms with Crippen LogP contribution in [0.25, 0.3) is 0 Å². The Morgan fingerprint density at radius 3 is 2.81 bits per heavy atom. The molecule has 1 rings (SSSR count). The summed E-state index contributed by atoms with van der Waals surface area (Å²) in [6, 6.07) is 0. The predicted octanol–water partition coefficient (Wildman–Crippen LogP) is 1.38. The second-order valence-electron chi connectivity index (χ2n) is 3.11. The maximum atomic E-state index is 11.4. The molecule has 0 aliphatic heterocycles. The van der Waals surface area contributed by atoms with Crippen molar-refractivity contribution in [2.24, 2.45) is 0 Å². The number of anilines is 1. The van der Waals surface area contributed by atoms with Crippen molar-refractivity contribution in [1.82, 2.24) is 4.98 Å². The van der Waals surface area contributed by atoms with Crippen molar-refractivity contribution in [3.8, 4) is 0 Å². The summed E-state index contributed by atoms with van der Waals surface area (Å²) >= 11 is 0.800. The normalized spacial score (nSPS) is 11.3. The van der Waals surface area contributed by atoms with Crippen LogP contribution in [0.2, 0.25) is 0 Å². The van der Waals surface area contributed by atoms with Gasteiger partial charge in [-0.15, -0.1) is 0 Å². The highest BCUT2D eigenvalue weighted by Gasteiger charge is 2.14. The fourth-order valence-corrected chi connectivity index (χ4v) is 3.08. The first-order valence-corrected chi connectivity index (χ1v) is 7.11. The molecule has 6 nitrogen and oxygen atoms in total. The highest BCUT2D eigenvalue weighted by molar-refractivity contribution is 7.92. The van der Waals surface area contributed by atoms with Gasteiger partial charge < -0.3 is 5.11 Å². The zero-order valence-electron chi connectivity index (χ0n) is 8.63. The number of nitrogens with zero attached hydrogens (tertiary/aromatic N) is 1. The Hall–Kier alpha value is -1.15. The van der Waals surface area contributed by atoms with Crippen LogP contribution in [0.3, 0.4) is 0 Å². The van der Waals surface area contributed by atoms with Crippen LogP contribution in [0.15, 0.2) is 6.20 Å². The lowest BCUT2D eigenvalue weighted by atomic mass is 10.4. The molecule has 0 aliphatic rings. The summed E-state index contributed by atoms with van der Waals surface area (Å²) in [5, 5.41) is 8.72. The third kappa shape index (κ3) is 3.78. The summed E-state index contributed by atoms with van der Waals surface area (Å²) < 4.78 is 25.1. The summed E-state index contributed by atoms with van der Waals surface area (Å²) in [6.07, 6.45) is 2.47. The Balaban J connectivity index is 2.69. The highest BCUT2D eigenvalue weighted by Crippen LogP contribution is 2.19. The molecule has 0 fully saturated rings. The molecule has 90 valence electrons. The molecule has 0 atom stereocenters. The number of thiazole rings is 1. The lowest BCUT2D eigenvalue weighted by Gasteiger charge is -2.02. The Bertz CT molecular complexity index is 466. The molecular formula is C8H12N2O4S2. The minimum absolute atomic E-state index is 0.00758. The van der Waals surface area contributed by atoms with Gasteiger partial charge in [0.05, 0.1) is 11.9 Å². The van der Waals surface area contributed by atoms with Gasteiger partial charge in [0.2, 0.25) is 10.0 Å². The van der Waals surface area contributed by atoms with Gasteiger partial charge in [-0.1, -0.05) is 24.7 Å². The van der Waals surface area contributed by atoms with E-state index in [-0.39, 0.29) is 15.8 Å². The van der Waals surface area contributed by atoms with E-state index in [1.165, 1.54) is 0 Å². The van der Waals surface area contributed by atoms with Crippen molar-refractivity contribution < 1.29 is 18.3 Å². The Kier molecular flexibility index (Phi) is 4.25. The molecule has 0 bridgehead atoms. The first-order valence-electron chi connectivity index (χ1n) is 4.64. The number of unbranched alkanes of at least 4 members (excludes halogenated alkanes) is 1. The van der Waals surface area contributed by atoms with Crippen molar-refractivity contribution in [2.45, 2.75) is 19.8 Å². The number of sulfonamides is 1. The smallest absolute Gasteiger partial charge is 0.347 e. The van der Waals surface area contributed by atoms with Gasteiger partial charge in [-0.05, 0) is 6.42 Å². The summed E-state index contributed by atoms with van der Waals surface area (Å²) in [4.78, 5) is 14.2. The molecule has 8 heteroatoms. The van der Waals surface area contributed by atoms with Gasteiger partial charge in [0.25, 0.3) is 0 Å². The van der Waals surface area contributed by atoms with Gasteiger partial charge in [-0.25, -0.2) is 18.2 Å². The quantitative estimate of drug-likeness (QED) is 0.809. The van der Waals surface area contributed by atoms with E-state index in [4.69, 9.17) is 5.11 Å². The summed E-state index contributed by atoms with van der Waals surface area (Å²) in [5.41, 5.74) is 0. The molecule has 0 saturated heterocycles. The number of carbonyl (C=O) groups is 1. The van der Waals surface area contributed by atoms with Gasteiger partial charge in [-0.3, -0.25) is 4.72 Å². The summed E-state index contributed by atoms with van der Waals surface area (Å²) in [6.45, 7) is 1.89.